The number of hydrogen-bond donors (Lipinski definition) is 0. The molecule has 0 aromatic rings. The van der Waals surface area contributed by atoms with E-state index in [1.807, 2.05) is 0 Å². The average molecular weight is 223 g/mol. The molecule has 108 valence electrons. The first-order valence-electron chi connectivity index (χ1n) is 0.204. The van der Waals surface area contributed by atoms with Crippen LogP contribution in [0.25, 0.3) is 0 Å². The summed E-state index contributed by atoms with van der Waals surface area (Å²) in [5.74, 6) is 0. The van der Waals surface area contributed by atoms with Crippen molar-refractivity contribution in [2.45, 2.75) is 89.1 Å². The van der Waals surface area contributed by atoms with Gasteiger partial charge in [0.05, 0.1) is 0 Å². The van der Waals surface area contributed by atoms with Gasteiger partial charge in [-0.05, 0) is 0 Å². The summed E-state index contributed by atoms with van der Waals surface area (Å²) >= 11 is 0. The Kier molecular flexibility index (Phi) is 7560000. The molecule has 0 aliphatic rings. The molecule has 0 N–H and O–H groups in total. The van der Waals surface area contributed by atoms with E-state index in [4.69, 9.17) is 4.65 Å². The van der Waals surface area contributed by atoms with Gasteiger partial charge in [-0.1, -0.05) is 89.1 Å². The van der Waals surface area contributed by atoms with Crippen LogP contribution in [0.3, 0.4) is 0 Å². The van der Waals surface area contributed by atoms with Crippen molar-refractivity contribution in [3.63, 3.8) is 0 Å². The Bertz CT molecular complexity index is 15.3. The zero-order chi connectivity index (χ0) is 2.00. The van der Waals surface area contributed by atoms with Crippen LogP contribution in [-0.4, -0.2) is 0 Å². The van der Waals surface area contributed by atoms with E-state index >= 15 is 0 Å². The Morgan fingerprint density at radius 1 is 0.357 bits per heavy atom. The van der Waals surface area contributed by atoms with Crippen molar-refractivity contribution in [1.29, 1.82) is 0 Å². The van der Waals surface area contributed by atoms with Gasteiger partial charge in [0.25, 0.3) is 0 Å². The molecule has 14 heavy (non-hydrogen) atoms. The van der Waals surface area contributed by atoms with Crippen LogP contribution in [-0.2, 0) is 4.65 Å². The van der Waals surface area contributed by atoms with Crippen LogP contribution >= 0.6 is 0 Å². The Morgan fingerprint density at radius 2 is 0.357 bits per heavy atom. The first-order chi connectivity index (χ1) is 1.00. The molecule has 0 saturated carbocycles. The molecule has 0 spiro atoms. The molecule has 0 atom stereocenters. The zero-order valence-corrected chi connectivity index (χ0v) is 0.908. The van der Waals surface area contributed by atoms with E-state index in [0.29, 0.717) is 0 Å². The van der Waals surface area contributed by atoms with Crippen LogP contribution in [0.4, 0.5) is 0 Å². The molecular formula is C13H50O. The van der Waals surface area contributed by atoms with Crippen LogP contribution in [0.5, 0.6) is 0 Å². The summed E-state index contributed by atoms with van der Waals surface area (Å²) in [7, 11) is 0. The Balaban J connectivity index is -0.0000000000641. The maximum atomic E-state index is 7.50. The fourth-order valence-electron chi connectivity index (χ4n) is 0. The summed E-state index contributed by atoms with van der Waals surface area (Å²) in [6, 6.07) is 0. The Labute approximate surface area is 103 Å². The van der Waals surface area contributed by atoms with E-state index in [0.717, 1.165) is 0 Å². The van der Waals surface area contributed by atoms with E-state index in [-0.39, 0.29) is 90.5 Å². The van der Waals surface area contributed by atoms with Gasteiger partial charge in [0.2, 0.25) is 0 Å². The van der Waals surface area contributed by atoms with Crippen molar-refractivity contribution in [3.05, 3.63) is 6.65 Å². The summed E-state index contributed by atoms with van der Waals surface area (Å²) in [5, 5.41) is 0. The summed E-state index contributed by atoms with van der Waals surface area (Å²) in [6.45, 7) is 4.50. The van der Waals surface area contributed by atoms with Crippen LogP contribution in [0.1, 0.15) is 90.5 Å². The fraction of sp³-hybridized carbons (Fsp3) is 0.923. The van der Waals surface area contributed by atoms with Crippen LogP contribution in [0, 0.1) is 6.65 Å². The molecule has 0 aromatic carbocycles. The Hall–Kier alpha value is -0.260. The summed E-state index contributed by atoms with van der Waals surface area (Å²) in [5.41, 5.74) is 0. The third-order valence-electron chi connectivity index (χ3n) is 0. The van der Waals surface area contributed by atoms with Gasteiger partial charge in [0.1, 0.15) is 0 Å². The van der Waals surface area contributed by atoms with Crippen molar-refractivity contribution >= 4 is 0 Å². The molecule has 0 amide bonds. The monoisotopic (exact) mass is 222 g/mol. The normalized spacial score (nSPS) is 0.143. The molecule has 0 aliphatic heterocycles. The fourth-order valence-corrected chi connectivity index (χ4v) is 0. The third kappa shape index (κ3) is 20000. The van der Waals surface area contributed by atoms with Crippen LogP contribution in [0.2, 0.25) is 0 Å². The summed E-state index contributed by atoms with van der Waals surface area (Å²) < 4.78 is 7.50. The molecular weight excluding hydrogens is 172 g/mol. The molecule has 0 bridgehead atoms. The minimum atomic E-state index is 0. The Morgan fingerprint density at radius 3 is 0.357 bits per heavy atom. The summed E-state index contributed by atoms with van der Waals surface area (Å²) in [6.07, 6.45) is 0. The van der Waals surface area contributed by atoms with Gasteiger partial charge >= 0.3 is 11.3 Å². The second kappa shape index (κ2) is 26000. The molecule has 1 heteroatoms. The van der Waals surface area contributed by atoms with Gasteiger partial charge in [-0.3, -0.25) is 0 Å². The number of rotatable bonds is 0. The van der Waals surface area contributed by atoms with E-state index in [2.05, 4.69) is 6.65 Å². The van der Waals surface area contributed by atoms with E-state index in [1.54, 1.807) is 0 Å². The second-order valence-electron chi connectivity index (χ2n) is 0. The third-order valence-corrected chi connectivity index (χ3v) is 0. The van der Waals surface area contributed by atoms with Crippen LogP contribution < -0.4 is 0 Å². The molecule has 0 fully saturated rings. The number of hydrogen-bond acceptors (Lipinski definition) is 0. The first kappa shape index (κ1) is 4070. The maximum absolute atomic E-state index is 7.50. The topological polar surface area (TPSA) is 19.9 Å². The minimum absolute atomic E-state index is 0. The molecule has 1 nitrogen and oxygen atoms in total. The van der Waals surface area contributed by atoms with Gasteiger partial charge in [-0.15, -0.1) is 0 Å². The zero-order valence-electron chi connectivity index (χ0n) is 0.908. The largest absolute Gasteiger partial charge is 0 e. The predicted octanol–water partition coefficient (Wildman–Crippen LogP) is 7.84. The quantitative estimate of drug-likeness (QED) is 0.294. The molecule has 0 radical (unpaired) electrons. The maximum Gasteiger partial charge on any atom is 0 e. The SMILES string of the molecule is C.C.C.C.C.C.C.C.C.C.C.C.[C-]#[O+].[HH]. The molecule has 0 rings (SSSR count). The van der Waals surface area contributed by atoms with Gasteiger partial charge < -0.3 is 0 Å². The van der Waals surface area contributed by atoms with Crippen molar-refractivity contribution in [2.75, 3.05) is 0 Å². The van der Waals surface area contributed by atoms with Crippen molar-refractivity contribution in [1.82, 2.24) is 0 Å². The molecule has 0 unspecified atom stereocenters. The van der Waals surface area contributed by atoms with Gasteiger partial charge in [0.15, 0.2) is 0 Å². The van der Waals surface area contributed by atoms with Crippen molar-refractivity contribution in [3.8, 4) is 0 Å². The molecule has 0 aromatic heterocycles. The van der Waals surface area contributed by atoms with Gasteiger partial charge in [-0.25, -0.2) is 0 Å². The van der Waals surface area contributed by atoms with Crippen molar-refractivity contribution < 1.29 is 6.08 Å². The van der Waals surface area contributed by atoms with Crippen LogP contribution in [0.15, 0.2) is 0 Å². The van der Waals surface area contributed by atoms with E-state index < -0.39 is 0 Å². The van der Waals surface area contributed by atoms with Crippen molar-refractivity contribution in [2.24, 2.45) is 0 Å². The standard InChI is InChI=1S/CO.12CH4.H2/c1-2;;;;;;;;;;;;;/h;12*1H4;1H. The molecule has 0 saturated heterocycles. The van der Waals surface area contributed by atoms with E-state index in [9.17, 15) is 0 Å². The summed E-state index contributed by atoms with van der Waals surface area (Å²) in [4.78, 5) is 0. The molecule has 0 heterocycles. The minimum Gasteiger partial charge on any atom is 0 e. The molecule has 0 aliphatic carbocycles. The second-order valence-corrected chi connectivity index (χ2v) is 0. The van der Waals surface area contributed by atoms with Gasteiger partial charge in [0, 0.05) is 1.43 Å². The average Bonchev–Trinajstić information content (AvgIpc) is 1.00. The predicted molar refractivity (Wildman–Crippen MR) is 86.8 cm³/mol. The first-order valence-corrected chi connectivity index (χ1v) is 0.204. The smallest absolute Gasteiger partial charge is 0 e. The van der Waals surface area contributed by atoms with Gasteiger partial charge in [-0.2, -0.15) is 0 Å². The van der Waals surface area contributed by atoms with E-state index in [1.165, 1.54) is 0 Å².